The molecular formula is C7H13N3O2S. The van der Waals surface area contributed by atoms with Crippen LogP contribution in [0.3, 0.4) is 0 Å². The predicted molar refractivity (Wildman–Crippen MR) is 51.9 cm³/mol. The van der Waals surface area contributed by atoms with Crippen molar-refractivity contribution in [1.29, 1.82) is 0 Å². The van der Waals surface area contributed by atoms with Crippen molar-refractivity contribution in [3.63, 3.8) is 0 Å². The lowest BCUT2D eigenvalue weighted by Crippen LogP contribution is -2.07. The number of aromatic nitrogens is 2. The first-order valence-electron chi connectivity index (χ1n) is 3.91. The van der Waals surface area contributed by atoms with Gasteiger partial charge in [0, 0.05) is 13.7 Å². The van der Waals surface area contributed by atoms with Crippen LogP contribution in [0.15, 0.2) is 4.52 Å². The monoisotopic (exact) mass is 203 g/mol. The summed E-state index contributed by atoms with van der Waals surface area (Å²) in [6, 6.07) is 0.459. The molecule has 0 aliphatic carbocycles. The summed E-state index contributed by atoms with van der Waals surface area (Å²) in [5.41, 5.74) is 0. The van der Waals surface area contributed by atoms with Gasteiger partial charge in [0.25, 0.3) is 0 Å². The molecular weight excluding hydrogens is 190 g/mol. The fraction of sp³-hybridized carbons (Fsp3) is 0.714. The summed E-state index contributed by atoms with van der Waals surface area (Å²) in [7, 11) is 1.65. The van der Waals surface area contributed by atoms with Gasteiger partial charge in [-0.25, -0.2) is 0 Å². The normalized spacial score (nSPS) is 10.3. The van der Waals surface area contributed by atoms with Gasteiger partial charge in [-0.3, -0.25) is 0 Å². The number of methoxy groups -OCH3 is 1. The van der Waals surface area contributed by atoms with Gasteiger partial charge < -0.3 is 14.6 Å². The summed E-state index contributed by atoms with van der Waals surface area (Å²) in [6.07, 6.45) is 1.99. The van der Waals surface area contributed by atoms with E-state index in [2.05, 4.69) is 15.5 Å². The molecule has 1 rings (SSSR count). The first kappa shape index (κ1) is 10.3. The molecule has 0 unspecified atom stereocenters. The van der Waals surface area contributed by atoms with Gasteiger partial charge in [-0.05, 0) is 6.26 Å². The third kappa shape index (κ3) is 3.65. The van der Waals surface area contributed by atoms with Gasteiger partial charge in [-0.2, -0.15) is 16.7 Å². The highest BCUT2D eigenvalue weighted by molar-refractivity contribution is 7.97. The Bertz CT molecular complexity index is 241. The lowest BCUT2D eigenvalue weighted by molar-refractivity contribution is 0.210. The minimum Gasteiger partial charge on any atom is -0.383 e. The van der Waals surface area contributed by atoms with Crippen LogP contribution in [0.25, 0.3) is 0 Å². The van der Waals surface area contributed by atoms with E-state index in [1.54, 1.807) is 18.9 Å². The maximum atomic E-state index is 4.92. The maximum absolute atomic E-state index is 4.92. The van der Waals surface area contributed by atoms with E-state index in [0.29, 0.717) is 25.0 Å². The van der Waals surface area contributed by atoms with Crippen LogP contribution in [0.4, 0.5) is 6.01 Å². The molecule has 5 nitrogen and oxygen atoms in total. The van der Waals surface area contributed by atoms with Crippen molar-refractivity contribution < 1.29 is 9.26 Å². The van der Waals surface area contributed by atoms with E-state index < -0.39 is 0 Å². The molecule has 1 aromatic rings. The maximum Gasteiger partial charge on any atom is 0.321 e. The number of hydrogen-bond acceptors (Lipinski definition) is 6. The number of ether oxygens (including phenoxy) is 1. The van der Waals surface area contributed by atoms with Crippen LogP contribution in [-0.2, 0) is 10.5 Å². The molecule has 0 aliphatic rings. The topological polar surface area (TPSA) is 60.2 Å². The van der Waals surface area contributed by atoms with Gasteiger partial charge in [0.1, 0.15) is 0 Å². The third-order valence-corrected chi connectivity index (χ3v) is 1.87. The van der Waals surface area contributed by atoms with Gasteiger partial charge in [0.2, 0.25) is 0 Å². The molecule has 0 radical (unpaired) electrons. The second-order valence-electron chi connectivity index (χ2n) is 2.37. The largest absolute Gasteiger partial charge is 0.383 e. The molecule has 74 valence electrons. The molecule has 0 bridgehead atoms. The highest BCUT2D eigenvalue weighted by Crippen LogP contribution is 2.08. The zero-order valence-corrected chi connectivity index (χ0v) is 8.56. The third-order valence-electron chi connectivity index (χ3n) is 1.32. The van der Waals surface area contributed by atoms with Crippen LogP contribution < -0.4 is 5.32 Å². The molecule has 0 fully saturated rings. The van der Waals surface area contributed by atoms with E-state index in [4.69, 9.17) is 9.26 Å². The Kier molecular flexibility index (Phi) is 4.63. The quantitative estimate of drug-likeness (QED) is 0.696. The molecule has 0 amide bonds. The number of nitrogens with one attached hydrogen (secondary N) is 1. The minimum atomic E-state index is 0.459. The smallest absolute Gasteiger partial charge is 0.321 e. The van der Waals surface area contributed by atoms with E-state index in [9.17, 15) is 0 Å². The Morgan fingerprint density at radius 1 is 1.62 bits per heavy atom. The number of hydrogen-bond donors (Lipinski definition) is 1. The fourth-order valence-corrected chi connectivity index (χ4v) is 1.15. The van der Waals surface area contributed by atoms with Gasteiger partial charge in [-0.1, -0.05) is 5.16 Å². The number of thioether (sulfide) groups is 1. The van der Waals surface area contributed by atoms with E-state index in [-0.39, 0.29) is 0 Å². The Balaban J connectivity index is 2.31. The molecule has 0 aliphatic heterocycles. The van der Waals surface area contributed by atoms with Crippen LogP contribution >= 0.6 is 11.8 Å². The Labute approximate surface area is 81.2 Å². The highest BCUT2D eigenvalue weighted by atomic mass is 32.2. The van der Waals surface area contributed by atoms with Crippen molar-refractivity contribution in [2.24, 2.45) is 0 Å². The van der Waals surface area contributed by atoms with Gasteiger partial charge in [-0.15, -0.1) is 0 Å². The predicted octanol–water partition coefficient (Wildman–Crippen LogP) is 0.991. The summed E-state index contributed by atoms with van der Waals surface area (Å²) >= 11 is 1.66. The van der Waals surface area contributed by atoms with E-state index in [1.165, 1.54) is 0 Å². The Hall–Kier alpha value is -0.750. The van der Waals surface area contributed by atoms with Crippen molar-refractivity contribution in [3.05, 3.63) is 5.82 Å². The van der Waals surface area contributed by atoms with Crippen LogP contribution in [0.1, 0.15) is 5.82 Å². The van der Waals surface area contributed by atoms with E-state index in [0.717, 1.165) is 5.75 Å². The number of anilines is 1. The molecule has 1 aromatic heterocycles. The van der Waals surface area contributed by atoms with Crippen molar-refractivity contribution in [2.45, 2.75) is 5.75 Å². The molecule has 0 spiro atoms. The number of rotatable bonds is 6. The van der Waals surface area contributed by atoms with Gasteiger partial charge in [0.05, 0.1) is 12.4 Å². The second-order valence-corrected chi connectivity index (χ2v) is 3.23. The van der Waals surface area contributed by atoms with Crippen LogP contribution in [-0.4, -0.2) is 36.7 Å². The molecule has 6 heteroatoms. The second kappa shape index (κ2) is 5.82. The zero-order chi connectivity index (χ0) is 9.52. The SMILES string of the molecule is COCCNc1nc(CSC)no1. The first-order valence-corrected chi connectivity index (χ1v) is 5.30. The first-order chi connectivity index (χ1) is 6.36. The average molecular weight is 203 g/mol. The molecule has 0 saturated heterocycles. The number of nitrogens with zero attached hydrogens (tertiary/aromatic N) is 2. The van der Waals surface area contributed by atoms with Crippen LogP contribution in [0, 0.1) is 0 Å². The van der Waals surface area contributed by atoms with Crippen molar-refractivity contribution in [3.8, 4) is 0 Å². The van der Waals surface area contributed by atoms with Crippen molar-refractivity contribution in [2.75, 3.05) is 31.8 Å². The molecule has 13 heavy (non-hydrogen) atoms. The molecule has 0 aromatic carbocycles. The lowest BCUT2D eigenvalue weighted by atomic mass is 10.7. The molecule has 0 atom stereocenters. The molecule has 1 heterocycles. The summed E-state index contributed by atoms with van der Waals surface area (Å²) in [4.78, 5) is 4.11. The molecule has 1 N–H and O–H groups in total. The minimum absolute atomic E-state index is 0.459. The van der Waals surface area contributed by atoms with Gasteiger partial charge >= 0.3 is 6.01 Å². The summed E-state index contributed by atoms with van der Waals surface area (Å²) in [5.74, 6) is 1.49. The summed E-state index contributed by atoms with van der Waals surface area (Å²) < 4.78 is 9.78. The van der Waals surface area contributed by atoms with Gasteiger partial charge in [0.15, 0.2) is 5.82 Å². The average Bonchev–Trinajstić information content (AvgIpc) is 2.54. The fourth-order valence-electron chi connectivity index (χ4n) is 0.774. The summed E-state index contributed by atoms with van der Waals surface area (Å²) in [6.45, 7) is 1.30. The highest BCUT2D eigenvalue weighted by Gasteiger charge is 2.03. The summed E-state index contributed by atoms with van der Waals surface area (Å²) in [5, 5.41) is 6.72. The zero-order valence-electron chi connectivity index (χ0n) is 7.74. The van der Waals surface area contributed by atoms with E-state index in [1.807, 2.05) is 6.26 Å². The van der Waals surface area contributed by atoms with Crippen LogP contribution in [0.5, 0.6) is 0 Å². The van der Waals surface area contributed by atoms with Crippen molar-refractivity contribution in [1.82, 2.24) is 10.1 Å². The Morgan fingerprint density at radius 3 is 3.15 bits per heavy atom. The lowest BCUT2D eigenvalue weighted by Gasteiger charge is -1.97. The Morgan fingerprint density at radius 2 is 2.46 bits per heavy atom. The van der Waals surface area contributed by atoms with Crippen LogP contribution in [0.2, 0.25) is 0 Å². The van der Waals surface area contributed by atoms with E-state index >= 15 is 0 Å². The van der Waals surface area contributed by atoms with Crippen molar-refractivity contribution >= 4 is 17.8 Å². The molecule has 0 saturated carbocycles. The standard InChI is InChI=1S/C7H13N3O2S/c1-11-4-3-8-7-9-6(5-13-2)10-12-7/h3-5H2,1-2H3,(H,8,9,10).